The zero-order valence-electron chi connectivity index (χ0n) is 15.3. The van der Waals surface area contributed by atoms with Crippen LogP contribution in [0.2, 0.25) is 0 Å². The summed E-state index contributed by atoms with van der Waals surface area (Å²) in [5.74, 6) is 2.87. The number of hydrogen-bond acceptors (Lipinski definition) is 6. The topological polar surface area (TPSA) is 75.0 Å². The molecule has 7 nitrogen and oxygen atoms in total. The van der Waals surface area contributed by atoms with Crippen LogP contribution in [0.15, 0.2) is 71.9 Å². The molecule has 3 heterocycles. The predicted molar refractivity (Wildman–Crippen MR) is 104 cm³/mol. The maximum atomic E-state index is 12.2. The van der Waals surface area contributed by atoms with Crippen LogP contribution in [-0.4, -0.2) is 21.5 Å². The van der Waals surface area contributed by atoms with Crippen molar-refractivity contribution in [3.8, 4) is 28.9 Å². The molecule has 0 saturated carbocycles. The largest absolute Gasteiger partial charge is 0.497 e. The van der Waals surface area contributed by atoms with E-state index in [9.17, 15) is 4.79 Å². The van der Waals surface area contributed by atoms with Crippen molar-refractivity contribution in [1.82, 2.24) is 14.4 Å². The molecule has 0 amide bonds. The van der Waals surface area contributed by atoms with Crippen molar-refractivity contribution in [2.24, 2.45) is 0 Å². The van der Waals surface area contributed by atoms with Crippen LogP contribution in [0.3, 0.4) is 0 Å². The van der Waals surface area contributed by atoms with Crippen LogP contribution in [-0.2, 0) is 0 Å². The molecule has 4 aromatic rings. The van der Waals surface area contributed by atoms with Gasteiger partial charge in [-0.3, -0.25) is 9.20 Å². The number of methoxy groups -OCH3 is 1. The SMILES string of the molecule is COc1ccc(Oc2ccc(Oc3ccc4ncc(C)c(=O)n4c3)cn2)cc1. The van der Waals surface area contributed by atoms with E-state index in [1.165, 1.54) is 4.40 Å². The highest BCUT2D eigenvalue weighted by Gasteiger charge is 2.05. The van der Waals surface area contributed by atoms with Crippen molar-refractivity contribution < 1.29 is 14.2 Å². The summed E-state index contributed by atoms with van der Waals surface area (Å²) in [5.41, 5.74) is 0.998. The second-order valence-corrected chi connectivity index (χ2v) is 6.05. The van der Waals surface area contributed by atoms with Gasteiger partial charge in [0.2, 0.25) is 5.88 Å². The number of aryl methyl sites for hydroxylation is 1. The molecule has 4 rings (SSSR count). The van der Waals surface area contributed by atoms with Gasteiger partial charge < -0.3 is 14.2 Å². The van der Waals surface area contributed by atoms with Gasteiger partial charge >= 0.3 is 0 Å². The van der Waals surface area contributed by atoms with Crippen molar-refractivity contribution in [2.45, 2.75) is 6.92 Å². The predicted octanol–water partition coefficient (Wildman–Crippen LogP) is 3.99. The highest BCUT2D eigenvalue weighted by Crippen LogP contribution is 2.25. The molecule has 28 heavy (non-hydrogen) atoms. The Bertz CT molecular complexity index is 1170. The molecule has 0 spiro atoms. The lowest BCUT2D eigenvalue weighted by Crippen LogP contribution is -2.16. The number of pyridine rings is 2. The van der Waals surface area contributed by atoms with E-state index in [4.69, 9.17) is 14.2 Å². The minimum atomic E-state index is -0.128. The van der Waals surface area contributed by atoms with Crippen molar-refractivity contribution in [1.29, 1.82) is 0 Å². The molecule has 140 valence electrons. The Hall–Kier alpha value is -3.87. The lowest BCUT2D eigenvalue weighted by atomic mass is 10.3. The van der Waals surface area contributed by atoms with Crippen LogP contribution in [0.5, 0.6) is 28.9 Å². The Balaban J connectivity index is 1.50. The zero-order chi connectivity index (χ0) is 19.5. The molecule has 0 aliphatic carbocycles. The zero-order valence-corrected chi connectivity index (χ0v) is 15.3. The number of rotatable bonds is 5. The van der Waals surface area contributed by atoms with Gasteiger partial charge in [0.05, 0.1) is 19.5 Å². The molecule has 0 bridgehead atoms. The van der Waals surface area contributed by atoms with Crippen molar-refractivity contribution in [3.05, 3.63) is 83.0 Å². The summed E-state index contributed by atoms with van der Waals surface area (Å²) in [4.78, 5) is 20.7. The maximum Gasteiger partial charge on any atom is 0.260 e. The summed E-state index contributed by atoms with van der Waals surface area (Å²) < 4.78 is 18.1. The molecule has 0 fully saturated rings. The fourth-order valence-corrected chi connectivity index (χ4v) is 2.60. The Labute approximate surface area is 160 Å². The molecule has 0 aliphatic rings. The number of ether oxygens (including phenoxy) is 3. The van der Waals surface area contributed by atoms with Crippen LogP contribution in [0.4, 0.5) is 0 Å². The molecule has 0 atom stereocenters. The minimum Gasteiger partial charge on any atom is -0.497 e. The second-order valence-electron chi connectivity index (χ2n) is 6.05. The quantitative estimate of drug-likeness (QED) is 0.525. The Morgan fingerprint density at radius 3 is 2.21 bits per heavy atom. The van der Waals surface area contributed by atoms with Crippen molar-refractivity contribution in [3.63, 3.8) is 0 Å². The van der Waals surface area contributed by atoms with Gasteiger partial charge in [0.1, 0.15) is 28.6 Å². The lowest BCUT2D eigenvalue weighted by Gasteiger charge is -2.09. The van der Waals surface area contributed by atoms with Gasteiger partial charge in [-0.1, -0.05) is 0 Å². The first-order chi connectivity index (χ1) is 13.6. The van der Waals surface area contributed by atoms with Gasteiger partial charge in [-0.15, -0.1) is 0 Å². The minimum absolute atomic E-state index is 0.128. The van der Waals surface area contributed by atoms with E-state index < -0.39 is 0 Å². The summed E-state index contributed by atoms with van der Waals surface area (Å²) in [6.07, 6.45) is 4.73. The Kier molecular flexibility index (Phi) is 4.63. The van der Waals surface area contributed by atoms with E-state index in [0.29, 0.717) is 34.3 Å². The molecule has 3 aromatic heterocycles. The van der Waals surface area contributed by atoms with E-state index in [2.05, 4.69) is 9.97 Å². The van der Waals surface area contributed by atoms with Crippen molar-refractivity contribution in [2.75, 3.05) is 7.11 Å². The smallest absolute Gasteiger partial charge is 0.260 e. The number of fused-ring (bicyclic) bond motifs is 1. The van der Waals surface area contributed by atoms with E-state index >= 15 is 0 Å². The molecule has 1 aromatic carbocycles. The molecule has 0 N–H and O–H groups in total. The van der Waals surface area contributed by atoms with Crippen LogP contribution < -0.4 is 19.8 Å². The molecule has 0 aliphatic heterocycles. The lowest BCUT2D eigenvalue weighted by molar-refractivity contribution is 0.412. The molecular weight excluding hydrogens is 358 g/mol. The highest BCUT2D eigenvalue weighted by atomic mass is 16.5. The third-order valence-electron chi connectivity index (χ3n) is 4.07. The van der Waals surface area contributed by atoms with E-state index in [0.717, 1.165) is 5.75 Å². The van der Waals surface area contributed by atoms with Gasteiger partial charge in [-0.2, -0.15) is 0 Å². The summed E-state index contributed by atoms with van der Waals surface area (Å²) in [6, 6.07) is 14.1. The second kappa shape index (κ2) is 7.40. The monoisotopic (exact) mass is 375 g/mol. The van der Waals surface area contributed by atoms with Crippen LogP contribution in [0.1, 0.15) is 5.56 Å². The molecule has 0 radical (unpaired) electrons. The number of benzene rings is 1. The fourth-order valence-electron chi connectivity index (χ4n) is 2.60. The van der Waals surface area contributed by atoms with E-state index in [-0.39, 0.29) is 5.56 Å². The highest BCUT2D eigenvalue weighted by molar-refractivity contribution is 5.43. The normalized spacial score (nSPS) is 10.6. The maximum absolute atomic E-state index is 12.2. The van der Waals surface area contributed by atoms with Gasteiger partial charge in [0, 0.05) is 17.8 Å². The standard InChI is InChI=1S/C21H17N3O4/c1-14-11-22-19-9-7-18(13-24(19)21(14)25)27-17-8-10-20(23-12-17)28-16-5-3-15(26-2)4-6-16/h3-13H,1-2H3. The molecule has 0 unspecified atom stereocenters. The number of hydrogen-bond donors (Lipinski definition) is 0. The number of aromatic nitrogens is 3. The first-order valence-corrected chi connectivity index (χ1v) is 8.56. The van der Waals surface area contributed by atoms with Gasteiger partial charge in [-0.25, -0.2) is 9.97 Å². The summed E-state index contributed by atoms with van der Waals surface area (Å²) in [5, 5.41) is 0. The Morgan fingerprint density at radius 1 is 0.786 bits per heavy atom. The van der Waals surface area contributed by atoms with Gasteiger partial charge in [-0.05, 0) is 49.4 Å². The summed E-state index contributed by atoms with van der Waals surface area (Å²) in [6.45, 7) is 1.72. The molecular formula is C21H17N3O4. The third kappa shape index (κ3) is 3.64. The summed E-state index contributed by atoms with van der Waals surface area (Å²) >= 11 is 0. The van der Waals surface area contributed by atoms with Gasteiger partial charge in [0.15, 0.2) is 0 Å². The average Bonchev–Trinajstić information content (AvgIpc) is 2.73. The first kappa shape index (κ1) is 17.5. The van der Waals surface area contributed by atoms with E-state index in [1.807, 2.05) is 12.1 Å². The van der Waals surface area contributed by atoms with Crippen molar-refractivity contribution >= 4 is 5.65 Å². The van der Waals surface area contributed by atoms with E-state index in [1.54, 1.807) is 69.0 Å². The molecule has 7 heteroatoms. The summed E-state index contributed by atoms with van der Waals surface area (Å²) in [7, 11) is 1.61. The van der Waals surface area contributed by atoms with Crippen LogP contribution >= 0.6 is 0 Å². The van der Waals surface area contributed by atoms with Crippen LogP contribution in [0, 0.1) is 6.92 Å². The average molecular weight is 375 g/mol. The first-order valence-electron chi connectivity index (χ1n) is 8.56. The van der Waals surface area contributed by atoms with Gasteiger partial charge in [0.25, 0.3) is 5.56 Å². The number of nitrogens with zero attached hydrogens (tertiary/aromatic N) is 3. The fraction of sp³-hybridized carbons (Fsp3) is 0.0952. The van der Waals surface area contributed by atoms with Crippen LogP contribution in [0.25, 0.3) is 5.65 Å². The molecule has 0 saturated heterocycles. The Morgan fingerprint density at radius 2 is 1.50 bits per heavy atom. The third-order valence-corrected chi connectivity index (χ3v) is 4.07.